The fraction of sp³-hybridized carbons (Fsp3) is 0.400. The molecule has 1 amide bonds. The van der Waals surface area contributed by atoms with Crippen LogP contribution in [-0.2, 0) is 10.2 Å². The summed E-state index contributed by atoms with van der Waals surface area (Å²) in [5.74, 6) is -0.0413. The van der Waals surface area contributed by atoms with Crippen LogP contribution in [0.25, 0.3) is 0 Å². The average Bonchev–Trinajstić information content (AvgIpc) is 2.29. The zero-order valence-electron chi connectivity index (χ0n) is 11.4. The number of carbonyl (C=O) groups excluding carboxylic acids is 1. The van der Waals surface area contributed by atoms with Crippen LogP contribution in [-0.4, -0.2) is 19.0 Å². The topological polar surface area (TPSA) is 41.1 Å². The first-order chi connectivity index (χ1) is 8.43. The lowest BCUT2D eigenvalue weighted by Crippen LogP contribution is -2.28. The van der Waals surface area contributed by atoms with Crippen molar-refractivity contribution in [2.75, 3.05) is 18.4 Å². The van der Waals surface area contributed by atoms with Gasteiger partial charge >= 0.3 is 0 Å². The van der Waals surface area contributed by atoms with E-state index in [-0.39, 0.29) is 11.3 Å². The number of rotatable bonds is 5. The van der Waals surface area contributed by atoms with Crippen LogP contribution in [0.15, 0.2) is 36.9 Å². The Labute approximate surface area is 109 Å². The molecule has 2 N–H and O–H groups in total. The predicted molar refractivity (Wildman–Crippen MR) is 76.8 cm³/mol. The molecule has 0 aliphatic heterocycles. The lowest BCUT2D eigenvalue weighted by molar-refractivity contribution is -0.115. The summed E-state index contributed by atoms with van der Waals surface area (Å²) < 4.78 is 0. The first-order valence-corrected chi connectivity index (χ1v) is 6.15. The van der Waals surface area contributed by atoms with Crippen molar-refractivity contribution in [3.05, 3.63) is 42.5 Å². The number of benzene rings is 1. The maximum atomic E-state index is 11.6. The van der Waals surface area contributed by atoms with E-state index in [9.17, 15) is 4.79 Å². The summed E-state index contributed by atoms with van der Waals surface area (Å²) in [5.41, 5.74) is 2.22. The van der Waals surface area contributed by atoms with Crippen LogP contribution in [0, 0.1) is 0 Å². The molecule has 0 saturated carbocycles. The van der Waals surface area contributed by atoms with Crippen LogP contribution in [0.1, 0.15) is 26.3 Å². The zero-order chi connectivity index (χ0) is 13.6. The number of hydrogen-bond donors (Lipinski definition) is 2. The minimum Gasteiger partial charge on any atom is -0.325 e. The van der Waals surface area contributed by atoms with Gasteiger partial charge in [-0.05, 0) is 23.1 Å². The monoisotopic (exact) mass is 246 g/mol. The maximum Gasteiger partial charge on any atom is 0.238 e. The molecule has 1 aromatic rings. The van der Waals surface area contributed by atoms with Crippen molar-refractivity contribution in [1.29, 1.82) is 0 Å². The van der Waals surface area contributed by atoms with Crippen molar-refractivity contribution in [2.24, 2.45) is 0 Å². The van der Waals surface area contributed by atoms with Crippen molar-refractivity contribution >= 4 is 11.6 Å². The molecule has 0 atom stereocenters. The number of carbonyl (C=O) groups is 1. The van der Waals surface area contributed by atoms with Gasteiger partial charge in [0.1, 0.15) is 0 Å². The lowest BCUT2D eigenvalue weighted by atomic mass is 9.87. The number of anilines is 1. The van der Waals surface area contributed by atoms with E-state index in [1.165, 1.54) is 5.56 Å². The molecule has 0 spiro atoms. The highest BCUT2D eigenvalue weighted by Crippen LogP contribution is 2.23. The first kappa shape index (κ1) is 14.5. The van der Waals surface area contributed by atoms with Crippen LogP contribution in [0.3, 0.4) is 0 Å². The quantitative estimate of drug-likeness (QED) is 0.619. The summed E-state index contributed by atoms with van der Waals surface area (Å²) in [6, 6.07) is 7.97. The Hall–Kier alpha value is -1.61. The fourth-order valence-corrected chi connectivity index (χ4v) is 1.55. The Bertz CT molecular complexity index is 401. The highest BCUT2D eigenvalue weighted by Gasteiger charge is 2.12. The van der Waals surface area contributed by atoms with E-state index in [0.717, 1.165) is 5.69 Å². The molecule has 0 aliphatic carbocycles. The molecule has 1 rings (SSSR count). The van der Waals surface area contributed by atoms with Crippen molar-refractivity contribution in [1.82, 2.24) is 5.32 Å². The maximum absolute atomic E-state index is 11.6. The van der Waals surface area contributed by atoms with E-state index in [1.807, 2.05) is 24.3 Å². The molecule has 3 heteroatoms. The van der Waals surface area contributed by atoms with E-state index in [1.54, 1.807) is 6.08 Å². The minimum absolute atomic E-state index is 0.0413. The van der Waals surface area contributed by atoms with Gasteiger partial charge in [-0.1, -0.05) is 39.0 Å². The Kier molecular flexibility index (Phi) is 5.10. The summed E-state index contributed by atoms with van der Waals surface area (Å²) in [6.07, 6.45) is 1.73. The fourth-order valence-electron chi connectivity index (χ4n) is 1.55. The number of hydrogen-bond acceptors (Lipinski definition) is 2. The highest BCUT2D eigenvalue weighted by atomic mass is 16.1. The van der Waals surface area contributed by atoms with E-state index >= 15 is 0 Å². The largest absolute Gasteiger partial charge is 0.325 e. The van der Waals surface area contributed by atoms with E-state index in [0.29, 0.717) is 13.1 Å². The molecule has 0 fully saturated rings. The molecule has 3 nitrogen and oxygen atoms in total. The Morgan fingerprint density at radius 3 is 2.39 bits per heavy atom. The van der Waals surface area contributed by atoms with Gasteiger partial charge in [0, 0.05) is 12.2 Å². The Morgan fingerprint density at radius 1 is 1.28 bits per heavy atom. The average molecular weight is 246 g/mol. The van der Waals surface area contributed by atoms with Gasteiger partial charge in [0.05, 0.1) is 6.54 Å². The molecule has 0 heterocycles. The summed E-state index contributed by atoms with van der Waals surface area (Å²) in [6.45, 7) is 11.0. The second-order valence-electron chi connectivity index (χ2n) is 5.30. The van der Waals surface area contributed by atoms with Crippen molar-refractivity contribution in [3.63, 3.8) is 0 Å². The van der Waals surface area contributed by atoms with Crippen LogP contribution < -0.4 is 10.6 Å². The van der Waals surface area contributed by atoms with Crippen LogP contribution >= 0.6 is 0 Å². The van der Waals surface area contributed by atoms with E-state index < -0.39 is 0 Å². The molecular formula is C15H22N2O. The van der Waals surface area contributed by atoms with Crippen LogP contribution in [0.2, 0.25) is 0 Å². The minimum atomic E-state index is -0.0413. The third-order valence-electron chi connectivity index (χ3n) is 2.61. The van der Waals surface area contributed by atoms with Gasteiger partial charge in [-0.2, -0.15) is 0 Å². The standard InChI is InChI=1S/C15H22N2O/c1-5-10-16-11-14(18)17-13-8-6-12(7-9-13)15(2,3)4/h5-9,16H,1,10-11H2,2-4H3,(H,17,18). The van der Waals surface area contributed by atoms with Gasteiger partial charge in [0.2, 0.25) is 5.91 Å². The molecule has 0 saturated heterocycles. The highest BCUT2D eigenvalue weighted by molar-refractivity contribution is 5.92. The van der Waals surface area contributed by atoms with Crippen LogP contribution in [0.4, 0.5) is 5.69 Å². The molecule has 0 aromatic heterocycles. The third kappa shape index (κ3) is 4.72. The summed E-state index contributed by atoms with van der Waals surface area (Å²) in [4.78, 5) is 11.6. The molecule has 0 unspecified atom stereocenters. The molecule has 18 heavy (non-hydrogen) atoms. The lowest BCUT2D eigenvalue weighted by Gasteiger charge is -2.19. The molecule has 98 valence electrons. The van der Waals surface area contributed by atoms with Gasteiger partial charge < -0.3 is 10.6 Å². The molecule has 0 bridgehead atoms. The predicted octanol–water partition coefficient (Wildman–Crippen LogP) is 2.70. The summed E-state index contributed by atoms with van der Waals surface area (Å²) in [5, 5.41) is 5.80. The smallest absolute Gasteiger partial charge is 0.238 e. The normalized spacial score (nSPS) is 11.1. The van der Waals surface area contributed by atoms with Gasteiger partial charge in [-0.15, -0.1) is 6.58 Å². The SMILES string of the molecule is C=CCNCC(=O)Nc1ccc(C(C)(C)C)cc1. The summed E-state index contributed by atoms with van der Waals surface area (Å²) >= 11 is 0. The molecular weight excluding hydrogens is 224 g/mol. The van der Waals surface area contributed by atoms with Gasteiger partial charge in [0.25, 0.3) is 0 Å². The van der Waals surface area contributed by atoms with Crippen molar-refractivity contribution in [3.8, 4) is 0 Å². The second kappa shape index (κ2) is 6.36. The zero-order valence-corrected chi connectivity index (χ0v) is 11.4. The molecule has 1 aromatic carbocycles. The van der Waals surface area contributed by atoms with Gasteiger partial charge in [-0.3, -0.25) is 4.79 Å². The van der Waals surface area contributed by atoms with Gasteiger partial charge in [0.15, 0.2) is 0 Å². The van der Waals surface area contributed by atoms with E-state index in [4.69, 9.17) is 0 Å². The molecule has 0 radical (unpaired) electrons. The van der Waals surface area contributed by atoms with Crippen LogP contribution in [0.5, 0.6) is 0 Å². The first-order valence-electron chi connectivity index (χ1n) is 6.15. The Morgan fingerprint density at radius 2 is 1.89 bits per heavy atom. The van der Waals surface area contributed by atoms with Crippen molar-refractivity contribution < 1.29 is 4.79 Å². The second-order valence-corrected chi connectivity index (χ2v) is 5.30. The van der Waals surface area contributed by atoms with Gasteiger partial charge in [-0.25, -0.2) is 0 Å². The Balaban J connectivity index is 2.53. The number of nitrogens with one attached hydrogen (secondary N) is 2. The molecule has 0 aliphatic rings. The number of amides is 1. The van der Waals surface area contributed by atoms with E-state index in [2.05, 4.69) is 38.0 Å². The van der Waals surface area contributed by atoms with Crippen molar-refractivity contribution in [2.45, 2.75) is 26.2 Å². The third-order valence-corrected chi connectivity index (χ3v) is 2.61. The summed E-state index contributed by atoms with van der Waals surface area (Å²) in [7, 11) is 0.